The first-order chi connectivity index (χ1) is 18.5. The zero-order valence-corrected chi connectivity index (χ0v) is 21.7. The molecule has 0 unspecified atom stereocenters. The summed E-state index contributed by atoms with van der Waals surface area (Å²) in [6.07, 6.45) is 4.19. The lowest BCUT2D eigenvalue weighted by molar-refractivity contribution is 0.0378. The zero-order valence-electron chi connectivity index (χ0n) is 21.7. The van der Waals surface area contributed by atoms with Crippen LogP contribution in [0.15, 0.2) is 42.5 Å². The Morgan fingerprint density at radius 3 is 2.26 bits per heavy atom. The molecule has 10 nitrogen and oxygen atoms in total. The van der Waals surface area contributed by atoms with Crippen LogP contribution in [0.5, 0.6) is 0 Å². The van der Waals surface area contributed by atoms with Crippen molar-refractivity contribution in [3.8, 4) is 12.1 Å². The molecule has 38 heavy (non-hydrogen) atoms. The minimum atomic E-state index is 0.381. The fourth-order valence-corrected chi connectivity index (χ4v) is 4.19. The van der Waals surface area contributed by atoms with Gasteiger partial charge < -0.3 is 20.7 Å². The SMILES string of the molecule is Cc1cc(C=CC#N)cc(C)c1Nc1nc(NCCCN2CCOCC2)nc(Nc2ccc(C#N)cc2)n1. The standard InChI is InChI=1S/C28H31N9O/c1-20-17-23(5-3-10-29)18-21(2)25(20)33-28-35-26(31-11-4-12-37-13-15-38-16-14-37)34-27(36-28)32-24-8-6-22(19-30)7-9-24/h3,5-9,17-18H,4,11-16H2,1-2H3,(H3,31,32,33,34,35,36). The molecule has 10 heteroatoms. The van der Waals surface area contributed by atoms with Crippen molar-refractivity contribution >= 4 is 35.3 Å². The minimum Gasteiger partial charge on any atom is -0.379 e. The van der Waals surface area contributed by atoms with E-state index < -0.39 is 0 Å². The van der Waals surface area contributed by atoms with E-state index in [4.69, 9.17) is 15.3 Å². The van der Waals surface area contributed by atoms with Crippen molar-refractivity contribution in [1.29, 1.82) is 10.5 Å². The number of benzene rings is 2. The summed E-state index contributed by atoms with van der Waals surface area (Å²) in [5.74, 6) is 1.25. The molecule has 1 aromatic heterocycles. The predicted octanol–water partition coefficient (Wildman–Crippen LogP) is 4.52. The molecule has 1 aliphatic rings. The fraction of sp³-hybridized carbons (Fsp3) is 0.321. The molecule has 2 aromatic carbocycles. The van der Waals surface area contributed by atoms with Crippen LogP contribution in [0.3, 0.4) is 0 Å². The van der Waals surface area contributed by atoms with Crippen LogP contribution in [0.2, 0.25) is 0 Å². The maximum absolute atomic E-state index is 9.07. The van der Waals surface area contributed by atoms with E-state index in [1.165, 1.54) is 6.08 Å². The first kappa shape index (κ1) is 26.6. The highest BCUT2D eigenvalue weighted by Gasteiger charge is 2.12. The van der Waals surface area contributed by atoms with Crippen molar-refractivity contribution in [2.24, 2.45) is 0 Å². The molecule has 2 heterocycles. The lowest BCUT2D eigenvalue weighted by Gasteiger charge is -2.26. The second-order valence-electron chi connectivity index (χ2n) is 8.97. The van der Waals surface area contributed by atoms with Crippen LogP contribution in [0.25, 0.3) is 6.08 Å². The van der Waals surface area contributed by atoms with Gasteiger partial charge >= 0.3 is 0 Å². The Hall–Kier alpha value is -4.51. The number of hydrogen-bond acceptors (Lipinski definition) is 10. The van der Waals surface area contributed by atoms with E-state index in [0.29, 0.717) is 23.4 Å². The topological polar surface area (TPSA) is 135 Å². The van der Waals surface area contributed by atoms with Gasteiger partial charge in [0.15, 0.2) is 0 Å². The van der Waals surface area contributed by atoms with Crippen LogP contribution < -0.4 is 16.0 Å². The third kappa shape index (κ3) is 7.50. The van der Waals surface area contributed by atoms with Gasteiger partial charge in [0.2, 0.25) is 17.8 Å². The molecule has 194 valence electrons. The molecule has 0 spiro atoms. The highest BCUT2D eigenvalue weighted by atomic mass is 16.5. The Morgan fingerprint density at radius 2 is 1.61 bits per heavy atom. The van der Waals surface area contributed by atoms with E-state index in [0.717, 1.165) is 73.9 Å². The van der Waals surface area contributed by atoms with Crippen LogP contribution in [0.4, 0.5) is 29.2 Å². The number of rotatable bonds is 10. The summed E-state index contributed by atoms with van der Waals surface area (Å²) in [4.78, 5) is 16.2. The van der Waals surface area contributed by atoms with Crippen molar-refractivity contribution in [2.75, 3.05) is 55.3 Å². The smallest absolute Gasteiger partial charge is 0.233 e. The molecule has 0 atom stereocenters. The quantitative estimate of drug-likeness (QED) is 0.264. The average Bonchev–Trinajstić information content (AvgIpc) is 2.93. The van der Waals surface area contributed by atoms with Gasteiger partial charge in [0.05, 0.1) is 30.9 Å². The maximum atomic E-state index is 9.07. The summed E-state index contributed by atoms with van der Waals surface area (Å²) in [6, 6.07) is 15.3. The Balaban J connectivity index is 1.53. The third-order valence-electron chi connectivity index (χ3n) is 6.09. The number of ether oxygens (including phenoxy) is 1. The Bertz CT molecular complexity index is 1330. The van der Waals surface area contributed by atoms with E-state index >= 15 is 0 Å². The molecule has 1 fully saturated rings. The Morgan fingerprint density at radius 1 is 0.947 bits per heavy atom. The van der Waals surface area contributed by atoms with Crippen molar-refractivity contribution < 1.29 is 4.74 Å². The summed E-state index contributed by atoms with van der Waals surface area (Å²) >= 11 is 0. The molecule has 0 saturated carbocycles. The van der Waals surface area contributed by atoms with E-state index in [1.807, 2.05) is 44.2 Å². The van der Waals surface area contributed by atoms with Crippen molar-refractivity contribution in [2.45, 2.75) is 20.3 Å². The number of nitriles is 2. The summed E-state index contributed by atoms with van der Waals surface area (Å²) < 4.78 is 5.42. The number of aryl methyl sites for hydroxylation is 2. The van der Waals surface area contributed by atoms with Gasteiger partial charge in [0, 0.05) is 37.1 Å². The Labute approximate surface area is 223 Å². The number of nitrogens with one attached hydrogen (secondary N) is 3. The van der Waals surface area contributed by atoms with Gasteiger partial charge in [0.25, 0.3) is 0 Å². The first-order valence-electron chi connectivity index (χ1n) is 12.6. The van der Waals surface area contributed by atoms with Gasteiger partial charge in [-0.25, -0.2) is 0 Å². The number of hydrogen-bond donors (Lipinski definition) is 3. The zero-order chi connectivity index (χ0) is 26.7. The van der Waals surface area contributed by atoms with E-state index in [1.54, 1.807) is 18.2 Å². The van der Waals surface area contributed by atoms with E-state index in [2.05, 4.69) is 41.9 Å². The normalized spacial score (nSPS) is 13.6. The molecule has 0 amide bonds. The van der Waals surface area contributed by atoms with E-state index in [9.17, 15) is 0 Å². The number of morpholine rings is 1. The molecule has 0 aliphatic carbocycles. The van der Waals surface area contributed by atoms with Crippen LogP contribution in [0.1, 0.15) is 28.7 Å². The maximum Gasteiger partial charge on any atom is 0.233 e. The monoisotopic (exact) mass is 509 g/mol. The van der Waals surface area contributed by atoms with Gasteiger partial charge in [-0.1, -0.05) is 0 Å². The third-order valence-corrected chi connectivity index (χ3v) is 6.09. The average molecular weight is 510 g/mol. The summed E-state index contributed by atoms with van der Waals surface area (Å²) in [7, 11) is 0. The number of anilines is 5. The Kier molecular flexibility index (Phi) is 9.19. The lowest BCUT2D eigenvalue weighted by Crippen LogP contribution is -2.37. The molecule has 0 radical (unpaired) electrons. The van der Waals surface area contributed by atoms with Gasteiger partial charge in [-0.3, -0.25) is 4.90 Å². The first-order valence-corrected chi connectivity index (χ1v) is 12.6. The molecular formula is C28H31N9O. The van der Waals surface area contributed by atoms with Crippen LogP contribution >= 0.6 is 0 Å². The van der Waals surface area contributed by atoms with Crippen molar-refractivity contribution in [3.63, 3.8) is 0 Å². The largest absolute Gasteiger partial charge is 0.379 e. The van der Waals surface area contributed by atoms with Gasteiger partial charge in [-0.2, -0.15) is 25.5 Å². The number of aromatic nitrogens is 3. The highest BCUT2D eigenvalue weighted by Crippen LogP contribution is 2.26. The molecule has 1 aliphatic heterocycles. The van der Waals surface area contributed by atoms with Crippen molar-refractivity contribution in [3.05, 3.63) is 64.7 Å². The second kappa shape index (κ2) is 13.2. The summed E-state index contributed by atoms with van der Waals surface area (Å²) in [5.41, 5.74) is 5.20. The molecule has 3 aromatic rings. The minimum absolute atomic E-state index is 0.381. The van der Waals surface area contributed by atoms with Gasteiger partial charge in [-0.05, 0) is 86.0 Å². The van der Waals surface area contributed by atoms with Crippen molar-refractivity contribution in [1.82, 2.24) is 19.9 Å². The molecule has 3 N–H and O–H groups in total. The van der Waals surface area contributed by atoms with E-state index in [-0.39, 0.29) is 0 Å². The molecular weight excluding hydrogens is 478 g/mol. The van der Waals surface area contributed by atoms with Crippen LogP contribution in [0, 0.1) is 36.5 Å². The van der Waals surface area contributed by atoms with Crippen LogP contribution in [-0.4, -0.2) is 59.2 Å². The molecule has 1 saturated heterocycles. The summed E-state index contributed by atoms with van der Waals surface area (Å²) in [5, 5.41) is 27.8. The van der Waals surface area contributed by atoms with Gasteiger partial charge in [-0.15, -0.1) is 0 Å². The highest BCUT2D eigenvalue weighted by molar-refractivity contribution is 5.68. The number of nitrogens with zero attached hydrogens (tertiary/aromatic N) is 6. The summed E-state index contributed by atoms with van der Waals surface area (Å²) in [6.45, 7) is 9.19. The van der Waals surface area contributed by atoms with Crippen LogP contribution in [-0.2, 0) is 4.74 Å². The lowest BCUT2D eigenvalue weighted by atomic mass is 10.0. The molecule has 4 rings (SSSR count). The molecule has 0 bridgehead atoms. The predicted molar refractivity (Wildman–Crippen MR) is 148 cm³/mol. The fourth-order valence-electron chi connectivity index (χ4n) is 4.19. The second-order valence-corrected chi connectivity index (χ2v) is 8.97. The number of allylic oxidation sites excluding steroid dienone is 1. The van der Waals surface area contributed by atoms with Gasteiger partial charge in [0.1, 0.15) is 0 Å².